The van der Waals surface area contributed by atoms with E-state index in [2.05, 4.69) is 15.0 Å². The molecule has 0 atom stereocenters. The van der Waals surface area contributed by atoms with Crippen molar-refractivity contribution in [1.29, 1.82) is 0 Å². The summed E-state index contributed by atoms with van der Waals surface area (Å²) in [6.45, 7) is 3.41. The monoisotopic (exact) mass is 255 g/mol. The van der Waals surface area contributed by atoms with E-state index in [0.29, 0.717) is 23.9 Å². The molecule has 1 aliphatic rings. The van der Waals surface area contributed by atoms with Gasteiger partial charge in [0.1, 0.15) is 0 Å². The van der Waals surface area contributed by atoms with Crippen LogP contribution in [0.5, 0.6) is 0 Å². The van der Waals surface area contributed by atoms with Gasteiger partial charge in [0, 0.05) is 18.0 Å². The molecule has 0 aromatic carbocycles. The molecule has 1 aromatic heterocycles. The van der Waals surface area contributed by atoms with E-state index < -0.39 is 5.97 Å². The molecule has 1 fully saturated rings. The number of carbonyl (C=O) groups excluding carboxylic acids is 2. The molecule has 17 heavy (non-hydrogen) atoms. The minimum Gasteiger partial charge on any atom is -0.464 e. The van der Waals surface area contributed by atoms with Crippen LogP contribution in [0.2, 0.25) is 0 Å². The minimum atomic E-state index is -0.438. The first-order valence-electron chi connectivity index (χ1n) is 5.19. The summed E-state index contributed by atoms with van der Waals surface area (Å²) in [5.74, 6) is -0.463. The Morgan fingerprint density at radius 3 is 3.00 bits per heavy atom. The van der Waals surface area contributed by atoms with Crippen molar-refractivity contribution in [3.8, 4) is 0 Å². The second kappa shape index (κ2) is 4.70. The summed E-state index contributed by atoms with van der Waals surface area (Å²) < 4.78 is 4.65. The summed E-state index contributed by atoms with van der Waals surface area (Å²) in [4.78, 5) is 29.6. The van der Waals surface area contributed by atoms with Crippen LogP contribution >= 0.6 is 11.3 Å². The molecule has 2 rings (SSSR count). The number of hydrogen-bond acceptors (Lipinski definition) is 6. The van der Waals surface area contributed by atoms with Crippen molar-refractivity contribution in [3.05, 3.63) is 10.6 Å². The number of nitrogens with one attached hydrogen (secondary N) is 1. The number of thiazole rings is 1. The maximum atomic E-state index is 11.4. The number of aromatic nitrogens is 1. The van der Waals surface area contributed by atoms with Crippen LogP contribution in [0.25, 0.3) is 0 Å². The van der Waals surface area contributed by atoms with Crippen molar-refractivity contribution in [1.82, 2.24) is 10.3 Å². The molecular weight excluding hydrogens is 242 g/mol. The Morgan fingerprint density at radius 1 is 1.59 bits per heavy atom. The number of amides is 1. The molecule has 1 saturated heterocycles. The molecule has 1 aromatic rings. The van der Waals surface area contributed by atoms with Crippen LogP contribution in [0, 0.1) is 6.92 Å². The van der Waals surface area contributed by atoms with Gasteiger partial charge >= 0.3 is 5.97 Å². The highest BCUT2D eigenvalue weighted by Gasteiger charge is 2.22. The third-order valence-electron chi connectivity index (χ3n) is 2.47. The summed E-state index contributed by atoms with van der Waals surface area (Å²) in [5, 5.41) is 3.43. The number of hydrogen-bond donors (Lipinski definition) is 1. The van der Waals surface area contributed by atoms with Gasteiger partial charge in [0.05, 0.1) is 13.7 Å². The zero-order chi connectivity index (χ0) is 12.4. The second-order valence-corrected chi connectivity index (χ2v) is 4.85. The fourth-order valence-corrected chi connectivity index (χ4v) is 2.53. The van der Waals surface area contributed by atoms with Crippen LogP contribution in [-0.2, 0) is 9.53 Å². The number of esters is 1. The van der Waals surface area contributed by atoms with E-state index in [1.165, 1.54) is 18.4 Å². The van der Waals surface area contributed by atoms with Crippen molar-refractivity contribution in [2.75, 3.05) is 31.6 Å². The number of nitrogens with zero attached hydrogens (tertiary/aromatic N) is 2. The molecule has 0 unspecified atom stereocenters. The van der Waals surface area contributed by atoms with Gasteiger partial charge in [-0.2, -0.15) is 0 Å². The predicted octanol–water partition coefficient (Wildman–Crippen LogP) is 0.174. The van der Waals surface area contributed by atoms with Gasteiger partial charge in [0.25, 0.3) is 0 Å². The zero-order valence-electron chi connectivity index (χ0n) is 9.65. The first-order valence-corrected chi connectivity index (χ1v) is 6.01. The predicted molar refractivity (Wildman–Crippen MR) is 63.4 cm³/mol. The third kappa shape index (κ3) is 2.38. The first-order chi connectivity index (χ1) is 8.11. The lowest BCUT2D eigenvalue weighted by atomic mass is 10.4. The van der Waals surface area contributed by atoms with Crippen LogP contribution in [-0.4, -0.2) is 43.6 Å². The second-order valence-electron chi connectivity index (χ2n) is 3.66. The minimum absolute atomic E-state index is 0.0243. The molecule has 1 N–H and O–H groups in total. The number of aryl methyl sites for hydroxylation is 1. The Labute approximate surface area is 103 Å². The van der Waals surface area contributed by atoms with Gasteiger partial charge in [-0.3, -0.25) is 4.79 Å². The van der Waals surface area contributed by atoms with E-state index >= 15 is 0 Å². The van der Waals surface area contributed by atoms with Crippen LogP contribution in [0.4, 0.5) is 5.13 Å². The van der Waals surface area contributed by atoms with Crippen molar-refractivity contribution in [3.63, 3.8) is 0 Å². The number of rotatable bonds is 2. The standard InChI is InChI=1S/C10H13N3O3S/c1-6-8(9(15)16-2)12-10(17-6)13-4-3-11-7(14)5-13/h3-5H2,1-2H3,(H,11,14). The largest absolute Gasteiger partial charge is 0.464 e. The highest BCUT2D eigenvalue weighted by Crippen LogP contribution is 2.26. The lowest BCUT2D eigenvalue weighted by Crippen LogP contribution is -2.47. The SMILES string of the molecule is COC(=O)c1nc(N2CCNC(=O)C2)sc1C. The number of piperazine rings is 1. The Morgan fingerprint density at radius 2 is 2.35 bits per heavy atom. The first kappa shape index (κ1) is 11.8. The number of methoxy groups -OCH3 is 1. The summed E-state index contributed by atoms with van der Waals surface area (Å²) in [7, 11) is 1.33. The van der Waals surface area contributed by atoms with E-state index in [9.17, 15) is 9.59 Å². The van der Waals surface area contributed by atoms with E-state index in [-0.39, 0.29) is 12.5 Å². The summed E-state index contributed by atoms with van der Waals surface area (Å²) in [6.07, 6.45) is 0. The summed E-state index contributed by atoms with van der Waals surface area (Å²) in [5.41, 5.74) is 0.332. The Bertz CT molecular complexity index is 458. The van der Waals surface area contributed by atoms with Crippen LogP contribution in [0.15, 0.2) is 0 Å². The molecule has 2 heterocycles. The normalized spacial score (nSPS) is 15.6. The smallest absolute Gasteiger partial charge is 0.357 e. The van der Waals surface area contributed by atoms with Crippen molar-refractivity contribution in [2.45, 2.75) is 6.92 Å². The molecular formula is C10H13N3O3S. The third-order valence-corrected chi connectivity index (χ3v) is 3.50. The van der Waals surface area contributed by atoms with Gasteiger partial charge in [-0.05, 0) is 6.92 Å². The molecule has 0 radical (unpaired) electrons. The van der Waals surface area contributed by atoms with E-state index in [1.807, 2.05) is 11.8 Å². The molecule has 0 spiro atoms. The Balaban J connectivity index is 2.22. The average molecular weight is 255 g/mol. The molecule has 0 aliphatic carbocycles. The lowest BCUT2D eigenvalue weighted by Gasteiger charge is -2.25. The van der Waals surface area contributed by atoms with Crippen molar-refractivity contribution in [2.24, 2.45) is 0 Å². The fourth-order valence-electron chi connectivity index (χ4n) is 1.61. The molecule has 6 nitrogen and oxygen atoms in total. The highest BCUT2D eigenvalue weighted by atomic mass is 32.1. The summed E-state index contributed by atoms with van der Waals surface area (Å²) in [6, 6.07) is 0. The topological polar surface area (TPSA) is 71.5 Å². The van der Waals surface area contributed by atoms with Gasteiger partial charge in [0.2, 0.25) is 5.91 Å². The van der Waals surface area contributed by atoms with Gasteiger partial charge in [-0.15, -0.1) is 11.3 Å². The average Bonchev–Trinajstić information content (AvgIpc) is 2.70. The van der Waals surface area contributed by atoms with Gasteiger partial charge in [-0.25, -0.2) is 9.78 Å². The molecule has 92 valence electrons. The number of carbonyl (C=O) groups is 2. The molecule has 0 saturated carbocycles. The fraction of sp³-hybridized carbons (Fsp3) is 0.500. The van der Waals surface area contributed by atoms with Crippen molar-refractivity contribution >= 4 is 28.3 Å². The maximum Gasteiger partial charge on any atom is 0.357 e. The lowest BCUT2D eigenvalue weighted by molar-refractivity contribution is -0.120. The van der Waals surface area contributed by atoms with E-state index in [0.717, 1.165) is 4.88 Å². The number of anilines is 1. The van der Waals surface area contributed by atoms with E-state index in [1.54, 1.807) is 0 Å². The van der Waals surface area contributed by atoms with Crippen LogP contribution in [0.1, 0.15) is 15.4 Å². The molecule has 1 aliphatic heterocycles. The highest BCUT2D eigenvalue weighted by molar-refractivity contribution is 7.15. The number of ether oxygens (including phenoxy) is 1. The van der Waals surface area contributed by atoms with Gasteiger partial charge < -0.3 is 15.0 Å². The molecule has 7 heteroatoms. The Hall–Kier alpha value is -1.63. The zero-order valence-corrected chi connectivity index (χ0v) is 10.5. The Kier molecular flexibility index (Phi) is 3.28. The quantitative estimate of drug-likeness (QED) is 0.763. The maximum absolute atomic E-state index is 11.4. The summed E-state index contributed by atoms with van der Waals surface area (Å²) >= 11 is 1.40. The van der Waals surface area contributed by atoms with Crippen LogP contribution < -0.4 is 10.2 Å². The molecule has 0 bridgehead atoms. The van der Waals surface area contributed by atoms with Gasteiger partial charge in [-0.1, -0.05) is 0 Å². The van der Waals surface area contributed by atoms with Crippen LogP contribution in [0.3, 0.4) is 0 Å². The van der Waals surface area contributed by atoms with E-state index in [4.69, 9.17) is 0 Å². The van der Waals surface area contributed by atoms with Crippen molar-refractivity contribution < 1.29 is 14.3 Å². The molecule has 1 amide bonds. The van der Waals surface area contributed by atoms with Gasteiger partial charge in [0.15, 0.2) is 10.8 Å².